The van der Waals surface area contributed by atoms with Crippen molar-refractivity contribution in [3.63, 3.8) is 0 Å². The predicted octanol–water partition coefficient (Wildman–Crippen LogP) is 7.50. The highest BCUT2D eigenvalue weighted by Gasteiger charge is 2.42. The summed E-state index contributed by atoms with van der Waals surface area (Å²) >= 11 is 0. The molecule has 1 N–H and O–H groups in total. The summed E-state index contributed by atoms with van der Waals surface area (Å²) in [6, 6.07) is 35.5. The molecule has 0 heterocycles. The van der Waals surface area contributed by atoms with Crippen LogP contribution in [0.25, 0.3) is 21.5 Å². The highest BCUT2D eigenvalue weighted by Crippen LogP contribution is 2.50. The van der Waals surface area contributed by atoms with E-state index in [1.807, 2.05) is 24.3 Å². The van der Waals surface area contributed by atoms with E-state index >= 15 is 0 Å². The minimum absolute atomic E-state index is 0.343. The molecule has 3 nitrogen and oxygen atoms in total. The lowest BCUT2D eigenvalue weighted by molar-refractivity contribution is 0.0160. The Hall–Kier alpha value is -3.82. The molecule has 2 unspecified atom stereocenters. The molecule has 3 heteroatoms. The standard InChI is InChI=1S/C33H33NO2/c1-5-33(35,28-19-11-17-23-18-12-20-29(31(23)28)34(2)3)32(24-13-7-6-8-14-24)27-21-25-15-9-10-16-26(25)22-30(27)36-4/h6-22,32,35H,5H2,1-4H3. The fourth-order valence-corrected chi connectivity index (χ4v) is 5.60. The average molecular weight is 476 g/mol. The van der Waals surface area contributed by atoms with Crippen LogP contribution in [-0.2, 0) is 5.60 Å². The minimum Gasteiger partial charge on any atom is -0.496 e. The number of hydrogen-bond donors (Lipinski definition) is 1. The number of nitrogens with zero attached hydrogens (tertiary/aromatic N) is 1. The molecular formula is C33H33NO2. The van der Waals surface area contributed by atoms with Crippen LogP contribution in [-0.4, -0.2) is 26.3 Å². The summed E-state index contributed by atoms with van der Waals surface area (Å²) < 4.78 is 5.96. The molecule has 5 rings (SSSR count). The lowest BCUT2D eigenvalue weighted by Crippen LogP contribution is -2.34. The van der Waals surface area contributed by atoms with Gasteiger partial charge in [0.15, 0.2) is 0 Å². The second-order valence-electron chi connectivity index (χ2n) is 9.64. The lowest BCUT2D eigenvalue weighted by Gasteiger charge is -2.39. The number of methoxy groups -OCH3 is 1. The lowest BCUT2D eigenvalue weighted by atomic mass is 9.70. The van der Waals surface area contributed by atoms with E-state index in [0.29, 0.717) is 6.42 Å². The number of rotatable bonds is 7. The van der Waals surface area contributed by atoms with Crippen molar-refractivity contribution in [2.75, 3.05) is 26.1 Å². The maximum Gasteiger partial charge on any atom is 0.123 e. The molecule has 2 atom stereocenters. The Morgan fingerprint density at radius 1 is 0.778 bits per heavy atom. The maximum absolute atomic E-state index is 12.9. The SMILES string of the molecule is CCC(O)(c1cccc2cccc(N(C)C)c12)C(c1ccccc1)c1cc2ccccc2cc1OC. The van der Waals surface area contributed by atoms with Gasteiger partial charge in [0.05, 0.1) is 7.11 Å². The van der Waals surface area contributed by atoms with E-state index in [2.05, 4.69) is 105 Å². The molecule has 182 valence electrons. The third-order valence-corrected chi connectivity index (χ3v) is 7.39. The Morgan fingerprint density at radius 3 is 2.03 bits per heavy atom. The van der Waals surface area contributed by atoms with E-state index < -0.39 is 5.60 Å². The second-order valence-corrected chi connectivity index (χ2v) is 9.64. The van der Waals surface area contributed by atoms with Crippen molar-refractivity contribution < 1.29 is 9.84 Å². The summed E-state index contributed by atoms with van der Waals surface area (Å²) in [7, 11) is 5.82. The fraction of sp³-hybridized carbons (Fsp3) is 0.212. The molecular weight excluding hydrogens is 442 g/mol. The van der Waals surface area contributed by atoms with Gasteiger partial charge in [0.2, 0.25) is 0 Å². The summed E-state index contributed by atoms with van der Waals surface area (Å²) in [5.41, 5.74) is 2.85. The first-order chi connectivity index (χ1) is 17.5. The van der Waals surface area contributed by atoms with Crippen LogP contribution in [0.3, 0.4) is 0 Å². The molecule has 5 aromatic carbocycles. The monoisotopic (exact) mass is 475 g/mol. The Balaban J connectivity index is 1.86. The fourth-order valence-electron chi connectivity index (χ4n) is 5.60. The molecule has 36 heavy (non-hydrogen) atoms. The van der Waals surface area contributed by atoms with Gasteiger partial charge in [-0.05, 0) is 51.9 Å². The molecule has 5 aromatic rings. The van der Waals surface area contributed by atoms with Gasteiger partial charge in [-0.2, -0.15) is 0 Å². The molecule has 0 aromatic heterocycles. The Bertz CT molecular complexity index is 1500. The van der Waals surface area contributed by atoms with Crippen molar-refractivity contribution in [3.8, 4) is 5.75 Å². The number of anilines is 1. The smallest absolute Gasteiger partial charge is 0.123 e. The zero-order valence-electron chi connectivity index (χ0n) is 21.4. The van der Waals surface area contributed by atoms with Gasteiger partial charge < -0.3 is 14.7 Å². The van der Waals surface area contributed by atoms with Gasteiger partial charge in [-0.15, -0.1) is 0 Å². The van der Waals surface area contributed by atoms with Crippen LogP contribution in [0.2, 0.25) is 0 Å². The van der Waals surface area contributed by atoms with Crippen LogP contribution in [0, 0.1) is 0 Å². The Kier molecular flexibility index (Phi) is 6.42. The van der Waals surface area contributed by atoms with Crippen molar-refractivity contribution >= 4 is 27.2 Å². The summed E-state index contributed by atoms with van der Waals surface area (Å²) in [6.45, 7) is 2.07. The third-order valence-electron chi connectivity index (χ3n) is 7.39. The summed E-state index contributed by atoms with van der Waals surface area (Å²) in [5.74, 6) is 0.437. The topological polar surface area (TPSA) is 32.7 Å². The minimum atomic E-state index is -1.19. The zero-order chi connectivity index (χ0) is 25.3. The van der Waals surface area contributed by atoms with Gasteiger partial charge in [0.1, 0.15) is 11.4 Å². The molecule has 0 amide bonds. The van der Waals surface area contributed by atoms with E-state index in [0.717, 1.165) is 49.7 Å². The predicted molar refractivity (Wildman–Crippen MR) is 151 cm³/mol. The molecule has 0 saturated heterocycles. The van der Waals surface area contributed by atoms with E-state index in [-0.39, 0.29) is 5.92 Å². The quantitative estimate of drug-likeness (QED) is 0.265. The van der Waals surface area contributed by atoms with Crippen LogP contribution in [0.5, 0.6) is 5.75 Å². The molecule has 0 fully saturated rings. The highest BCUT2D eigenvalue weighted by atomic mass is 16.5. The van der Waals surface area contributed by atoms with E-state index in [9.17, 15) is 5.11 Å². The van der Waals surface area contributed by atoms with E-state index in [1.165, 1.54) is 0 Å². The normalized spacial score (nSPS) is 13.9. The number of hydrogen-bond acceptors (Lipinski definition) is 3. The van der Waals surface area contributed by atoms with Crippen LogP contribution in [0.1, 0.15) is 36.0 Å². The van der Waals surface area contributed by atoms with Gasteiger partial charge in [0.25, 0.3) is 0 Å². The van der Waals surface area contributed by atoms with E-state index in [4.69, 9.17) is 4.74 Å². The van der Waals surface area contributed by atoms with Gasteiger partial charge >= 0.3 is 0 Å². The first-order valence-corrected chi connectivity index (χ1v) is 12.5. The van der Waals surface area contributed by atoms with Crippen LogP contribution in [0.15, 0.2) is 103 Å². The van der Waals surface area contributed by atoms with Crippen LogP contribution < -0.4 is 9.64 Å². The molecule has 0 aliphatic heterocycles. The molecule has 0 radical (unpaired) electrons. The van der Waals surface area contributed by atoms with Crippen LogP contribution >= 0.6 is 0 Å². The average Bonchev–Trinajstić information content (AvgIpc) is 2.92. The van der Waals surface area contributed by atoms with Crippen molar-refractivity contribution in [2.24, 2.45) is 0 Å². The van der Waals surface area contributed by atoms with Crippen molar-refractivity contribution in [1.29, 1.82) is 0 Å². The van der Waals surface area contributed by atoms with E-state index in [1.54, 1.807) is 7.11 Å². The summed E-state index contributed by atoms with van der Waals surface area (Å²) in [6.07, 6.45) is 0.531. The van der Waals surface area contributed by atoms with Crippen molar-refractivity contribution in [2.45, 2.75) is 24.9 Å². The molecule has 0 spiro atoms. The zero-order valence-corrected chi connectivity index (χ0v) is 21.4. The molecule has 0 aliphatic carbocycles. The molecule has 0 bridgehead atoms. The van der Waals surface area contributed by atoms with Crippen molar-refractivity contribution in [1.82, 2.24) is 0 Å². The maximum atomic E-state index is 12.9. The van der Waals surface area contributed by atoms with Gasteiger partial charge in [0, 0.05) is 36.7 Å². The van der Waals surface area contributed by atoms with Gasteiger partial charge in [-0.3, -0.25) is 0 Å². The second kappa shape index (κ2) is 9.67. The van der Waals surface area contributed by atoms with Crippen LogP contribution in [0.4, 0.5) is 5.69 Å². The summed E-state index contributed by atoms with van der Waals surface area (Å²) in [5, 5.41) is 17.3. The number of aliphatic hydroxyl groups is 1. The Labute approximate surface area is 213 Å². The number of benzene rings is 5. The van der Waals surface area contributed by atoms with Gasteiger partial charge in [-0.25, -0.2) is 0 Å². The van der Waals surface area contributed by atoms with Gasteiger partial charge in [-0.1, -0.05) is 91.9 Å². The van der Waals surface area contributed by atoms with Crippen molar-refractivity contribution in [3.05, 3.63) is 120 Å². The molecule has 0 aliphatic rings. The number of fused-ring (bicyclic) bond motifs is 2. The first kappa shape index (κ1) is 23.9. The number of ether oxygens (including phenoxy) is 1. The first-order valence-electron chi connectivity index (χ1n) is 12.5. The third kappa shape index (κ3) is 4.00. The summed E-state index contributed by atoms with van der Waals surface area (Å²) in [4.78, 5) is 2.12. The molecule has 0 saturated carbocycles. The largest absolute Gasteiger partial charge is 0.496 e. The highest BCUT2D eigenvalue weighted by molar-refractivity contribution is 5.97. The Morgan fingerprint density at radius 2 is 1.39 bits per heavy atom.